The number of para-hydroxylation sites is 1. The fourth-order valence-electron chi connectivity index (χ4n) is 2.15. The summed E-state index contributed by atoms with van der Waals surface area (Å²) in [5.74, 6) is 0.731. The summed E-state index contributed by atoms with van der Waals surface area (Å²) in [5.41, 5.74) is 9.71. The predicted molar refractivity (Wildman–Crippen MR) is 95.1 cm³/mol. The maximum absolute atomic E-state index is 12.0. The van der Waals surface area contributed by atoms with Crippen molar-refractivity contribution in [1.82, 2.24) is 5.43 Å². The SMILES string of the molecule is Nc1ccccc1C(=O)N/N=C/c1ccc(-c2ccccc2Cl)o1. The average Bonchev–Trinajstić information content (AvgIpc) is 3.04. The van der Waals surface area contributed by atoms with Gasteiger partial charge >= 0.3 is 0 Å². The van der Waals surface area contributed by atoms with E-state index in [1.165, 1.54) is 6.21 Å². The number of amides is 1. The third-order valence-electron chi connectivity index (χ3n) is 3.33. The Hall–Kier alpha value is -3.05. The highest BCUT2D eigenvalue weighted by molar-refractivity contribution is 6.33. The zero-order valence-corrected chi connectivity index (χ0v) is 13.3. The summed E-state index contributed by atoms with van der Waals surface area (Å²) in [6.45, 7) is 0. The highest BCUT2D eigenvalue weighted by Crippen LogP contribution is 2.28. The normalized spacial score (nSPS) is 10.9. The molecular formula is C18H14ClN3O2. The van der Waals surface area contributed by atoms with Gasteiger partial charge in [0.15, 0.2) is 0 Å². The lowest BCUT2D eigenvalue weighted by Gasteiger charge is -2.02. The van der Waals surface area contributed by atoms with E-state index in [4.69, 9.17) is 21.8 Å². The number of rotatable bonds is 4. The molecule has 2 aromatic carbocycles. The van der Waals surface area contributed by atoms with Crippen LogP contribution >= 0.6 is 11.6 Å². The number of carbonyl (C=O) groups excluding carboxylic acids is 1. The fraction of sp³-hybridized carbons (Fsp3) is 0. The number of nitrogens with two attached hydrogens (primary N) is 1. The number of nitrogens with one attached hydrogen (secondary N) is 1. The Labute approximate surface area is 143 Å². The second kappa shape index (κ2) is 7.02. The first kappa shape index (κ1) is 15.8. The lowest BCUT2D eigenvalue weighted by molar-refractivity contribution is 0.0956. The number of halogens is 1. The molecular weight excluding hydrogens is 326 g/mol. The van der Waals surface area contributed by atoms with Gasteiger partial charge < -0.3 is 10.2 Å². The average molecular weight is 340 g/mol. The molecule has 1 amide bonds. The van der Waals surface area contributed by atoms with Crippen molar-refractivity contribution >= 4 is 29.4 Å². The molecule has 120 valence electrons. The zero-order chi connectivity index (χ0) is 16.9. The quantitative estimate of drug-likeness (QED) is 0.429. The minimum atomic E-state index is -0.387. The van der Waals surface area contributed by atoms with E-state index in [-0.39, 0.29) is 5.91 Å². The molecule has 0 radical (unpaired) electrons. The molecule has 3 rings (SSSR count). The van der Waals surface area contributed by atoms with Crippen molar-refractivity contribution in [2.75, 3.05) is 5.73 Å². The van der Waals surface area contributed by atoms with Crippen LogP contribution in [-0.4, -0.2) is 12.1 Å². The molecule has 5 nitrogen and oxygen atoms in total. The van der Waals surface area contributed by atoms with E-state index in [9.17, 15) is 4.79 Å². The van der Waals surface area contributed by atoms with E-state index in [1.54, 1.807) is 42.5 Å². The van der Waals surface area contributed by atoms with E-state index in [0.29, 0.717) is 27.8 Å². The van der Waals surface area contributed by atoms with Gasteiger partial charge in [-0.05, 0) is 36.4 Å². The van der Waals surface area contributed by atoms with Crippen LogP contribution in [0.1, 0.15) is 16.1 Å². The molecule has 1 aromatic heterocycles. The third kappa shape index (κ3) is 3.47. The second-order valence-corrected chi connectivity index (χ2v) is 5.38. The molecule has 0 spiro atoms. The number of hydrazone groups is 1. The highest BCUT2D eigenvalue weighted by Gasteiger charge is 2.08. The van der Waals surface area contributed by atoms with Gasteiger partial charge in [0.2, 0.25) is 0 Å². The van der Waals surface area contributed by atoms with Gasteiger partial charge in [-0.3, -0.25) is 4.79 Å². The van der Waals surface area contributed by atoms with Gasteiger partial charge in [-0.15, -0.1) is 0 Å². The molecule has 3 aromatic rings. The number of nitrogens with zero attached hydrogens (tertiary/aromatic N) is 1. The van der Waals surface area contributed by atoms with Crippen LogP contribution in [0.5, 0.6) is 0 Å². The van der Waals surface area contributed by atoms with E-state index >= 15 is 0 Å². The smallest absolute Gasteiger partial charge is 0.273 e. The zero-order valence-electron chi connectivity index (χ0n) is 12.6. The van der Waals surface area contributed by atoms with Gasteiger partial charge in [-0.1, -0.05) is 35.9 Å². The van der Waals surface area contributed by atoms with Gasteiger partial charge in [-0.2, -0.15) is 5.10 Å². The van der Waals surface area contributed by atoms with Crippen LogP contribution in [0.25, 0.3) is 11.3 Å². The van der Waals surface area contributed by atoms with Crippen molar-refractivity contribution in [3.05, 3.63) is 77.0 Å². The number of hydrogen-bond donors (Lipinski definition) is 2. The van der Waals surface area contributed by atoms with Gasteiger partial charge in [0.1, 0.15) is 11.5 Å². The Morgan fingerprint density at radius 3 is 2.62 bits per heavy atom. The molecule has 0 unspecified atom stereocenters. The third-order valence-corrected chi connectivity index (χ3v) is 3.66. The van der Waals surface area contributed by atoms with Crippen molar-refractivity contribution in [2.24, 2.45) is 5.10 Å². The van der Waals surface area contributed by atoms with Crippen molar-refractivity contribution < 1.29 is 9.21 Å². The molecule has 1 heterocycles. The summed E-state index contributed by atoms with van der Waals surface area (Å²) in [5, 5.41) is 4.48. The van der Waals surface area contributed by atoms with Crippen LogP contribution in [0.15, 0.2) is 70.2 Å². The monoisotopic (exact) mass is 339 g/mol. The van der Waals surface area contributed by atoms with E-state index in [0.717, 1.165) is 5.56 Å². The van der Waals surface area contributed by atoms with Crippen molar-refractivity contribution in [3.63, 3.8) is 0 Å². The summed E-state index contributed by atoms with van der Waals surface area (Å²) in [7, 11) is 0. The van der Waals surface area contributed by atoms with Gasteiger partial charge in [0, 0.05) is 11.3 Å². The lowest BCUT2D eigenvalue weighted by Crippen LogP contribution is -2.18. The lowest BCUT2D eigenvalue weighted by atomic mass is 10.2. The summed E-state index contributed by atoms with van der Waals surface area (Å²) in [4.78, 5) is 12.0. The maximum atomic E-state index is 12.0. The first-order valence-electron chi connectivity index (χ1n) is 7.18. The first-order valence-corrected chi connectivity index (χ1v) is 7.55. The molecule has 0 saturated carbocycles. The van der Waals surface area contributed by atoms with E-state index in [2.05, 4.69) is 10.5 Å². The van der Waals surface area contributed by atoms with Crippen molar-refractivity contribution in [1.29, 1.82) is 0 Å². The number of anilines is 1. The van der Waals surface area contributed by atoms with Crippen LogP contribution in [-0.2, 0) is 0 Å². The van der Waals surface area contributed by atoms with Gasteiger partial charge in [0.05, 0.1) is 16.8 Å². The summed E-state index contributed by atoms with van der Waals surface area (Å²) >= 11 is 6.13. The number of nitrogen functional groups attached to an aromatic ring is 1. The van der Waals surface area contributed by atoms with Gasteiger partial charge in [-0.25, -0.2) is 5.43 Å². The molecule has 0 atom stereocenters. The molecule has 0 aliphatic carbocycles. The number of furan rings is 1. The minimum absolute atomic E-state index is 0.367. The molecule has 0 bridgehead atoms. The Balaban J connectivity index is 1.69. The summed E-state index contributed by atoms with van der Waals surface area (Å²) in [6, 6.07) is 17.7. The minimum Gasteiger partial charge on any atom is -0.455 e. The van der Waals surface area contributed by atoms with Crippen molar-refractivity contribution in [3.8, 4) is 11.3 Å². The Morgan fingerprint density at radius 2 is 1.83 bits per heavy atom. The molecule has 24 heavy (non-hydrogen) atoms. The maximum Gasteiger partial charge on any atom is 0.273 e. The molecule has 0 fully saturated rings. The fourth-order valence-corrected chi connectivity index (χ4v) is 2.38. The van der Waals surface area contributed by atoms with E-state index in [1.807, 2.05) is 18.2 Å². The van der Waals surface area contributed by atoms with E-state index < -0.39 is 0 Å². The molecule has 6 heteroatoms. The molecule has 0 aliphatic heterocycles. The van der Waals surface area contributed by atoms with Gasteiger partial charge in [0.25, 0.3) is 5.91 Å². The Morgan fingerprint density at radius 1 is 1.08 bits per heavy atom. The summed E-state index contributed by atoms with van der Waals surface area (Å²) in [6.07, 6.45) is 1.41. The second-order valence-electron chi connectivity index (χ2n) is 4.97. The molecule has 0 aliphatic rings. The summed E-state index contributed by atoms with van der Waals surface area (Å²) < 4.78 is 5.65. The largest absolute Gasteiger partial charge is 0.455 e. The number of benzene rings is 2. The molecule has 3 N–H and O–H groups in total. The van der Waals surface area contributed by atoms with Crippen LogP contribution in [0.4, 0.5) is 5.69 Å². The number of carbonyl (C=O) groups is 1. The first-order chi connectivity index (χ1) is 11.6. The standard InChI is InChI=1S/C18H14ClN3O2/c19-15-7-3-1-5-13(15)17-10-9-12(24-17)11-21-22-18(23)14-6-2-4-8-16(14)20/h1-11H,20H2,(H,22,23)/b21-11+. The van der Waals surface area contributed by atoms with Crippen LogP contribution in [0.2, 0.25) is 5.02 Å². The van der Waals surface area contributed by atoms with Crippen LogP contribution in [0.3, 0.4) is 0 Å². The highest BCUT2D eigenvalue weighted by atomic mass is 35.5. The molecule has 0 saturated heterocycles. The van der Waals surface area contributed by atoms with Crippen LogP contribution in [0, 0.1) is 0 Å². The predicted octanol–water partition coefficient (Wildman–Crippen LogP) is 3.95. The van der Waals surface area contributed by atoms with Crippen molar-refractivity contribution in [2.45, 2.75) is 0 Å². The Bertz CT molecular complexity index is 903. The topological polar surface area (TPSA) is 80.6 Å². The Kier molecular flexibility index (Phi) is 4.63. The van der Waals surface area contributed by atoms with Crippen LogP contribution < -0.4 is 11.2 Å². The number of hydrogen-bond acceptors (Lipinski definition) is 4.